The summed E-state index contributed by atoms with van der Waals surface area (Å²) in [5.41, 5.74) is 2.70. The third-order valence-corrected chi connectivity index (χ3v) is 3.38. The summed E-state index contributed by atoms with van der Waals surface area (Å²) >= 11 is 0. The Kier molecular flexibility index (Phi) is 5.59. The molecule has 0 heterocycles. The summed E-state index contributed by atoms with van der Waals surface area (Å²) in [6.45, 7) is 6.86. The van der Waals surface area contributed by atoms with Gasteiger partial charge < -0.3 is 9.47 Å². The molecule has 0 atom stereocenters. The lowest BCUT2D eigenvalue weighted by Gasteiger charge is -2.15. The molecule has 0 saturated heterocycles. The molecule has 22 heavy (non-hydrogen) atoms. The van der Waals surface area contributed by atoms with Crippen molar-refractivity contribution in [2.24, 2.45) is 0 Å². The van der Waals surface area contributed by atoms with Gasteiger partial charge in [-0.3, -0.25) is 0 Å². The highest BCUT2D eigenvalue weighted by Crippen LogP contribution is 2.28. The quantitative estimate of drug-likeness (QED) is 0.733. The lowest BCUT2D eigenvalue weighted by molar-refractivity contribution is 0.0526. The SMILES string of the molecule is CCOC(=O)c1ccc(OCc2ccccc2)c(C(C)C)c1. The minimum atomic E-state index is -0.293. The maximum absolute atomic E-state index is 11.8. The zero-order chi connectivity index (χ0) is 15.9. The number of carbonyl (C=O) groups is 1. The van der Waals surface area contributed by atoms with Crippen LogP contribution in [0.3, 0.4) is 0 Å². The van der Waals surface area contributed by atoms with Crippen molar-refractivity contribution in [2.75, 3.05) is 6.61 Å². The molecule has 0 spiro atoms. The molecule has 0 saturated carbocycles. The molecule has 0 unspecified atom stereocenters. The lowest BCUT2D eigenvalue weighted by Crippen LogP contribution is -2.07. The van der Waals surface area contributed by atoms with Crippen molar-refractivity contribution in [2.45, 2.75) is 33.3 Å². The summed E-state index contributed by atoms with van der Waals surface area (Å²) < 4.78 is 11.0. The Labute approximate surface area is 131 Å². The van der Waals surface area contributed by atoms with E-state index in [0.717, 1.165) is 16.9 Å². The Morgan fingerprint density at radius 3 is 2.45 bits per heavy atom. The minimum absolute atomic E-state index is 0.264. The largest absolute Gasteiger partial charge is 0.489 e. The van der Waals surface area contributed by atoms with Crippen LogP contribution in [0.4, 0.5) is 0 Å². The summed E-state index contributed by atoms with van der Waals surface area (Å²) in [7, 11) is 0. The zero-order valence-corrected chi connectivity index (χ0v) is 13.3. The second kappa shape index (κ2) is 7.64. The maximum atomic E-state index is 11.8. The number of esters is 1. The topological polar surface area (TPSA) is 35.5 Å². The number of hydrogen-bond donors (Lipinski definition) is 0. The summed E-state index contributed by atoms with van der Waals surface area (Å²) in [6.07, 6.45) is 0. The molecular formula is C19H22O3. The van der Waals surface area contributed by atoms with Crippen LogP contribution in [-0.4, -0.2) is 12.6 Å². The molecule has 3 heteroatoms. The van der Waals surface area contributed by atoms with Crippen molar-refractivity contribution >= 4 is 5.97 Å². The van der Waals surface area contributed by atoms with E-state index in [1.54, 1.807) is 13.0 Å². The fourth-order valence-corrected chi connectivity index (χ4v) is 2.21. The molecule has 2 rings (SSSR count). The Bertz CT molecular complexity index is 618. The number of carbonyl (C=O) groups excluding carboxylic acids is 1. The third kappa shape index (κ3) is 4.10. The van der Waals surface area contributed by atoms with E-state index in [2.05, 4.69) is 13.8 Å². The monoisotopic (exact) mass is 298 g/mol. The molecule has 0 N–H and O–H groups in total. The molecule has 0 amide bonds. The van der Waals surface area contributed by atoms with E-state index >= 15 is 0 Å². The van der Waals surface area contributed by atoms with Crippen LogP contribution in [-0.2, 0) is 11.3 Å². The number of benzene rings is 2. The van der Waals surface area contributed by atoms with Crippen molar-refractivity contribution in [1.29, 1.82) is 0 Å². The average molecular weight is 298 g/mol. The van der Waals surface area contributed by atoms with E-state index in [1.165, 1.54) is 0 Å². The maximum Gasteiger partial charge on any atom is 0.338 e. The highest BCUT2D eigenvalue weighted by molar-refractivity contribution is 5.89. The molecule has 0 radical (unpaired) electrons. The predicted octanol–water partition coefficient (Wildman–Crippen LogP) is 4.57. The smallest absolute Gasteiger partial charge is 0.338 e. The highest BCUT2D eigenvalue weighted by atomic mass is 16.5. The molecule has 2 aromatic carbocycles. The van der Waals surface area contributed by atoms with Gasteiger partial charge in [0.25, 0.3) is 0 Å². The summed E-state index contributed by atoms with van der Waals surface area (Å²) in [6, 6.07) is 15.5. The summed E-state index contributed by atoms with van der Waals surface area (Å²) in [5.74, 6) is 0.783. The van der Waals surface area contributed by atoms with E-state index in [9.17, 15) is 4.79 Å². The first-order chi connectivity index (χ1) is 10.6. The van der Waals surface area contributed by atoms with Crippen molar-refractivity contribution in [1.82, 2.24) is 0 Å². The van der Waals surface area contributed by atoms with Gasteiger partial charge in [-0.1, -0.05) is 44.2 Å². The predicted molar refractivity (Wildman–Crippen MR) is 87.3 cm³/mol. The van der Waals surface area contributed by atoms with Gasteiger partial charge in [-0.2, -0.15) is 0 Å². The van der Waals surface area contributed by atoms with Crippen LogP contribution in [0.25, 0.3) is 0 Å². The van der Waals surface area contributed by atoms with Gasteiger partial charge >= 0.3 is 5.97 Å². The van der Waals surface area contributed by atoms with Crippen LogP contribution in [0.2, 0.25) is 0 Å². The fraction of sp³-hybridized carbons (Fsp3) is 0.316. The standard InChI is InChI=1S/C19H22O3/c1-4-21-19(20)16-10-11-18(17(12-16)14(2)3)22-13-15-8-6-5-7-9-15/h5-12,14H,4,13H2,1-3H3. The van der Waals surface area contributed by atoms with Gasteiger partial charge in [-0.25, -0.2) is 4.79 Å². The summed E-state index contributed by atoms with van der Waals surface area (Å²) in [5, 5.41) is 0. The van der Waals surface area contributed by atoms with E-state index in [-0.39, 0.29) is 11.9 Å². The van der Waals surface area contributed by atoms with E-state index in [0.29, 0.717) is 18.8 Å². The van der Waals surface area contributed by atoms with Crippen LogP contribution >= 0.6 is 0 Å². The van der Waals surface area contributed by atoms with Crippen molar-refractivity contribution in [3.05, 3.63) is 65.2 Å². The molecule has 0 aromatic heterocycles. The van der Waals surface area contributed by atoms with Crippen molar-refractivity contribution in [3.8, 4) is 5.75 Å². The van der Waals surface area contributed by atoms with E-state index < -0.39 is 0 Å². The first-order valence-corrected chi connectivity index (χ1v) is 7.59. The minimum Gasteiger partial charge on any atom is -0.489 e. The second-order valence-corrected chi connectivity index (χ2v) is 5.40. The molecule has 0 aliphatic rings. The lowest BCUT2D eigenvalue weighted by atomic mass is 9.99. The normalized spacial score (nSPS) is 10.5. The van der Waals surface area contributed by atoms with Gasteiger partial charge in [0.05, 0.1) is 12.2 Å². The van der Waals surface area contributed by atoms with Gasteiger partial charge in [0.2, 0.25) is 0 Å². The first-order valence-electron chi connectivity index (χ1n) is 7.59. The van der Waals surface area contributed by atoms with Crippen molar-refractivity contribution < 1.29 is 14.3 Å². The molecule has 0 aliphatic carbocycles. The Morgan fingerprint density at radius 2 is 1.82 bits per heavy atom. The summed E-state index contributed by atoms with van der Waals surface area (Å²) in [4.78, 5) is 11.8. The zero-order valence-electron chi connectivity index (χ0n) is 13.3. The molecule has 0 bridgehead atoms. The molecule has 0 fully saturated rings. The number of hydrogen-bond acceptors (Lipinski definition) is 3. The van der Waals surface area contributed by atoms with Crippen LogP contribution in [0, 0.1) is 0 Å². The van der Waals surface area contributed by atoms with Crippen LogP contribution in [0.15, 0.2) is 48.5 Å². The Morgan fingerprint density at radius 1 is 1.09 bits per heavy atom. The van der Waals surface area contributed by atoms with Gasteiger partial charge in [-0.05, 0) is 42.2 Å². The third-order valence-electron chi connectivity index (χ3n) is 3.38. The number of ether oxygens (including phenoxy) is 2. The average Bonchev–Trinajstić information content (AvgIpc) is 2.54. The van der Waals surface area contributed by atoms with Crippen LogP contribution in [0.1, 0.15) is 48.2 Å². The Balaban J connectivity index is 2.18. The van der Waals surface area contributed by atoms with Crippen LogP contribution < -0.4 is 4.74 Å². The van der Waals surface area contributed by atoms with Crippen LogP contribution in [0.5, 0.6) is 5.75 Å². The Hall–Kier alpha value is -2.29. The van der Waals surface area contributed by atoms with E-state index in [1.807, 2.05) is 42.5 Å². The van der Waals surface area contributed by atoms with Gasteiger partial charge in [-0.15, -0.1) is 0 Å². The fourth-order valence-electron chi connectivity index (χ4n) is 2.21. The van der Waals surface area contributed by atoms with Gasteiger partial charge in [0.15, 0.2) is 0 Å². The van der Waals surface area contributed by atoms with E-state index in [4.69, 9.17) is 9.47 Å². The van der Waals surface area contributed by atoms with Gasteiger partial charge in [0, 0.05) is 0 Å². The molecular weight excluding hydrogens is 276 g/mol. The molecule has 3 nitrogen and oxygen atoms in total. The molecule has 2 aromatic rings. The molecule has 116 valence electrons. The number of rotatable bonds is 6. The first kappa shape index (κ1) is 16.1. The van der Waals surface area contributed by atoms with Gasteiger partial charge in [0.1, 0.15) is 12.4 Å². The molecule has 0 aliphatic heterocycles. The van der Waals surface area contributed by atoms with Crippen molar-refractivity contribution in [3.63, 3.8) is 0 Å². The second-order valence-electron chi connectivity index (χ2n) is 5.40. The highest BCUT2D eigenvalue weighted by Gasteiger charge is 2.13.